The molecule has 3 aromatic carbocycles. The van der Waals surface area contributed by atoms with Gasteiger partial charge in [0.25, 0.3) is 0 Å². The van der Waals surface area contributed by atoms with Crippen molar-refractivity contribution in [3.05, 3.63) is 107 Å². The van der Waals surface area contributed by atoms with Gasteiger partial charge in [-0.25, -0.2) is 0 Å². The summed E-state index contributed by atoms with van der Waals surface area (Å²) in [4.78, 5) is 41.3. The molecular weight excluding hydrogens is 554 g/mol. The minimum absolute atomic E-state index is 0.0170. The maximum atomic E-state index is 13.1. The lowest BCUT2D eigenvalue weighted by Crippen LogP contribution is -2.45. The SMILES string of the molecule is CCOC(=O)C(CC)(C(=O)OCC)c1ccc(C(=O)CCCN2CCC(C(O)(c3ccccc3)c3ccccc3)CC2)cc1. The van der Waals surface area contributed by atoms with E-state index in [1.54, 1.807) is 45.0 Å². The number of piperidine rings is 1. The van der Waals surface area contributed by atoms with E-state index in [1.807, 2.05) is 60.7 Å². The second-order valence-electron chi connectivity index (χ2n) is 11.4. The van der Waals surface area contributed by atoms with Crippen molar-refractivity contribution in [1.82, 2.24) is 4.90 Å². The van der Waals surface area contributed by atoms with E-state index in [9.17, 15) is 19.5 Å². The second-order valence-corrected chi connectivity index (χ2v) is 11.4. The number of likely N-dealkylation sites (tertiary alicyclic amines) is 1. The molecule has 0 bridgehead atoms. The Hall–Kier alpha value is -3.81. The fourth-order valence-corrected chi connectivity index (χ4v) is 6.47. The Bertz CT molecular complexity index is 1310. The molecule has 1 fully saturated rings. The van der Waals surface area contributed by atoms with Gasteiger partial charge in [-0.2, -0.15) is 0 Å². The molecule has 1 aliphatic rings. The lowest BCUT2D eigenvalue weighted by molar-refractivity contribution is -0.165. The van der Waals surface area contributed by atoms with Crippen LogP contribution < -0.4 is 0 Å². The van der Waals surface area contributed by atoms with Crippen LogP contribution in [0.3, 0.4) is 0 Å². The Morgan fingerprint density at radius 2 is 1.25 bits per heavy atom. The smallest absolute Gasteiger partial charge is 0.328 e. The highest BCUT2D eigenvalue weighted by Crippen LogP contribution is 2.42. The van der Waals surface area contributed by atoms with Crippen molar-refractivity contribution in [2.45, 2.75) is 63.9 Å². The fraction of sp³-hybridized carbons (Fsp3) is 0.432. The number of ketones is 1. The Labute approximate surface area is 261 Å². The summed E-state index contributed by atoms with van der Waals surface area (Å²) in [5.74, 6) is -1.18. The molecule has 1 saturated heterocycles. The third-order valence-corrected chi connectivity index (χ3v) is 8.96. The van der Waals surface area contributed by atoms with E-state index in [1.165, 1.54) is 0 Å². The van der Waals surface area contributed by atoms with Crippen LogP contribution in [0.2, 0.25) is 0 Å². The third kappa shape index (κ3) is 6.95. The van der Waals surface area contributed by atoms with Crippen LogP contribution in [0, 0.1) is 5.92 Å². The maximum Gasteiger partial charge on any atom is 0.328 e. The van der Waals surface area contributed by atoms with Gasteiger partial charge in [0.15, 0.2) is 11.2 Å². The number of hydrogen-bond acceptors (Lipinski definition) is 7. The minimum atomic E-state index is -1.56. The zero-order valence-electron chi connectivity index (χ0n) is 26.2. The van der Waals surface area contributed by atoms with Crippen LogP contribution in [0.5, 0.6) is 0 Å². The highest BCUT2D eigenvalue weighted by molar-refractivity contribution is 6.06. The summed E-state index contributed by atoms with van der Waals surface area (Å²) in [5.41, 5.74) is 0.228. The molecule has 1 aliphatic heterocycles. The van der Waals surface area contributed by atoms with E-state index in [0.717, 1.165) is 50.0 Å². The van der Waals surface area contributed by atoms with Gasteiger partial charge in [-0.3, -0.25) is 14.4 Å². The van der Waals surface area contributed by atoms with Gasteiger partial charge >= 0.3 is 11.9 Å². The van der Waals surface area contributed by atoms with Gasteiger partial charge in [-0.05, 0) is 81.8 Å². The minimum Gasteiger partial charge on any atom is -0.465 e. The first-order chi connectivity index (χ1) is 21.3. The van der Waals surface area contributed by atoms with Crippen molar-refractivity contribution in [1.29, 1.82) is 0 Å². The number of benzene rings is 3. The number of hydrogen-bond donors (Lipinski definition) is 1. The van der Waals surface area contributed by atoms with Crippen molar-refractivity contribution in [3.8, 4) is 0 Å². The summed E-state index contributed by atoms with van der Waals surface area (Å²) >= 11 is 0. The highest BCUT2D eigenvalue weighted by Gasteiger charge is 2.49. The van der Waals surface area contributed by atoms with Crippen LogP contribution in [0.25, 0.3) is 0 Å². The predicted octanol–water partition coefficient (Wildman–Crippen LogP) is 6.07. The van der Waals surface area contributed by atoms with Crippen LogP contribution in [0.15, 0.2) is 84.9 Å². The lowest BCUT2D eigenvalue weighted by Gasteiger charge is -2.42. The monoisotopic (exact) mass is 599 g/mol. The van der Waals surface area contributed by atoms with E-state index in [-0.39, 0.29) is 31.3 Å². The molecule has 0 unspecified atom stereocenters. The topological polar surface area (TPSA) is 93.1 Å². The van der Waals surface area contributed by atoms with Crippen LogP contribution in [0.4, 0.5) is 0 Å². The zero-order chi connectivity index (χ0) is 31.6. The lowest BCUT2D eigenvalue weighted by atomic mass is 9.72. The number of carbonyl (C=O) groups excluding carboxylic acids is 3. The Morgan fingerprint density at radius 1 is 0.750 bits per heavy atom. The maximum absolute atomic E-state index is 13.1. The predicted molar refractivity (Wildman–Crippen MR) is 170 cm³/mol. The number of rotatable bonds is 14. The summed E-state index contributed by atoms with van der Waals surface area (Å²) < 4.78 is 10.5. The summed E-state index contributed by atoms with van der Waals surface area (Å²) in [5, 5.41) is 12.1. The van der Waals surface area contributed by atoms with Crippen molar-refractivity contribution in [2.24, 2.45) is 5.92 Å². The molecule has 0 aromatic heterocycles. The Kier molecular flexibility index (Phi) is 11.5. The molecule has 1 heterocycles. The third-order valence-electron chi connectivity index (χ3n) is 8.96. The number of aliphatic hydroxyl groups is 1. The normalized spacial score (nSPS) is 14.6. The number of ether oxygens (including phenoxy) is 2. The van der Waals surface area contributed by atoms with Crippen LogP contribution in [-0.4, -0.2) is 60.6 Å². The first-order valence-corrected chi connectivity index (χ1v) is 15.8. The molecule has 0 saturated carbocycles. The average molecular weight is 600 g/mol. The Morgan fingerprint density at radius 3 is 1.70 bits per heavy atom. The van der Waals surface area contributed by atoms with Crippen molar-refractivity contribution >= 4 is 17.7 Å². The molecule has 0 radical (unpaired) electrons. The standard InChI is InChI=1S/C37H45NO6/c1-4-36(34(40)43-5-2,35(41)44-6-3)29-21-19-28(20-22-29)33(39)18-13-25-38-26-23-32(24-27-38)37(42,30-14-9-7-10-15-30)31-16-11-8-12-17-31/h7-12,14-17,19-22,32,42H,4-6,13,18,23-27H2,1-3H3. The summed E-state index contributed by atoms with van der Waals surface area (Å²) in [6.07, 6.45) is 3.01. The molecule has 0 amide bonds. The first-order valence-electron chi connectivity index (χ1n) is 15.8. The number of nitrogens with zero attached hydrogens (tertiary/aromatic N) is 1. The number of Topliss-reactive ketones (excluding diaryl/α,β-unsaturated/α-hetero) is 1. The molecule has 7 heteroatoms. The van der Waals surface area contributed by atoms with Gasteiger partial charge in [0.1, 0.15) is 5.60 Å². The molecule has 0 atom stereocenters. The Balaban J connectivity index is 1.35. The molecule has 0 aliphatic carbocycles. The molecule has 44 heavy (non-hydrogen) atoms. The van der Waals surface area contributed by atoms with E-state index in [0.29, 0.717) is 17.5 Å². The van der Waals surface area contributed by atoms with Gasteiger partial charge < -0.3 is 19.5 Å². The molecule has 7 nitrogen and oxygen atoms in total. The number of carbonyl (C=O) groups is 3. The van der Waals surface area contributed by atoms with Crippen molar-refractivity contribution in [2.75, 3.05) is 32.8 Å². The van der Waals surface area contributed by atoms with Crippen LogP contribution >= 0.6 is 0 Å². The molecule has 3 aromatic rings. The summed E-state index contributed by atoms with van der Waals surface area (Å²) in [6.45, 7) is 7.96. The van der Waals surface area contributed by atoms with Gasteiger partial charge in [0.05, 0.1) is 13.2 Å². The van der Waals surface area contributed by atoms with Crippen LogP contribution in [0.1, 0.15) is 79.9 Å². The van der Waals surface area contributed by atoms with E-state index in [2.05, 4.69) is 4.90 Å². The van der Waals surface area contributed by atoms with Gasteiger partial charge in [-0.15, -0.1) is 0 Å². The highest BCUT2D eigenvalue weighted by atomic mass is 16.6. The molecule has 4 rings (SSSR count). The molecule has 234 valence electrons. The van der Waals surface area contributed by atoms with Gasteiger partial charge in [0.2, 0.25) is 0 Å². The molecular formula is C37H45NO6. The largest absolute Gasteiger partial charge is 0.465 e. The number of esters is 2. The van der Waals surface area contributed by atoms with Gasteiger partial charge in [0, 0.05) is 12.0 Å². The van der Waals surface area contributed by atoms with Crippen LogP contribution in [-0.2, 0) is 30.1 Å². The summed E-state index contributed by atoms with van der Waals surface area (Å²) in [6, 6.07) is 26.6. The average Bonchev–Trinajstić information content (AvgIpc) is 3.06. The summed E-state index contributed by atoms with van der Waals surface area (Å²) in [7, 11) is 0. The van der Waals surface area contributed by atoms with E-state index < -0.39 is 23.0 Å². The van der Waals surface area contributed by atoms with Gasteiger partial charge in [-0.1, -0.05) is 91.9 Å². The fourth-order valence-electron chi connectivity index (χ4n) is 6.47. The van der Waals surface area contributed by atoms with E-state index in [4.69, 9.17) is 9.47 Å². The van der Waals surface area contributed by atoms with Crippen molar-refractivity contribution < 1.29 is 29.0 Å². The quantitative estimate of drug-likeness (QED) is 0.137. The van der Waals surface area contributed by atoms with E-state index >= 15 is 0 Å². The van der Waals surface area contributed by atoms with Crippen molar-refractivity contribution in [3.63, 3.8) is 0 Å². The zero-order valence-corrected chi connectivity index (χ0v) is 26.2. The first kappa shape index (κ1) is 33.1. The molecule has 0 spiro atoms. The molecule has 1 N–H and O–H groups in total. The second kappa shape index (κ2) is 15.3.